The molecule has 23 rings (SSSR count). The van der Waals surface area contributed by atoms with Crippen LogP contribution in [-0.2, 0) is 59.2 Å². The highest BCUT2D eigenvalue weighted by atomic mass is 35.5. The molecule has 5 fully saturated rings. The second kappa shape index (κ2) is 49.3. The fourth-order valence-corrected chi connectivity index (χ4v) is 30.5. The Bertz CT molecular complexity index is 7900. The van der Waals surface area contributed by atoms with Crippen LogP contribution in [0.25, 0.3) is 46.9 Å². The third kappa shape index (κ3) is 22.9. The SMILES string of the molecule is CCN1C(=O)/C(=C2\C=CC=CN2C)SC1=Nc1sc2cc(Cl)ccc2[n+]1C.CCN1C(=O)/C(=C2\C=Cc3ccccc3N2C)SC1=Nc1sc2cc(Cl)ccc2[n+]1C.CCN1C(=O)/C(=C2\Oc3ccccc3N2C)SC1=Nc1sc2cc(Cl)ccc2[n+]1C.CCN1C(=O)/C(=C2\Sc3ccccc3N2C)SC1=Nc1ccc(Cl)c[n+]1C.CCN1C(=O)/C(=C2\Sc3ccccc3N2C)SC1=Nc1sc2cc(Cl)ccc2[n+]1C.[Cl-].[Cl-].[Cl-].[Cl-].[Cl-]. The molecule has 10 aliphatic rings. The summed E-state index contributed by atoms with van der Waals surface area (Å²) in [6.45, 7) is 12.6. The summed E-state index contributed by atoms with van der Waals surface area (Å²) in [6.07, 6.45) is 13.7. The Kier molecular flexibility index (Phi) is 38.1. The molecule has 0 radical (unpaired) electrons. The zero-order valence-corrected chi connectivity index (χ0v) is 99.1. The van der Waals surface area contributed by atoms with Crippen LogP contribution in [-0.4, -0.2) is 153 Å². The van der Waals surface area contributed by atoms with Crippen LogP contribution in [0.1, 0.15) is 40.2 Å². The highest BCUT2D eigenvalue weighted by Gasteiger charge is 2.48. The summed E-state index contributed by atoms with van der Waals surface area (Å²) in [4.78, 5) is 114. The second-order valence-corrected chi connectivity index (χ2v) is 46.4. The molecule has 0 N–H and O–H groups in total. The van der Waals surface area contributed by atoms with Gasteiger partial charge in [-0.3, -0.25) is 48.5 Å². The standard InChI is InChI=1S/C23H20ClN4OS2.C21H18ClN4O2S2.C21H18ClN4OS3.2C19H18ClN4OS2.5ClH/c1-4-28-21(29)20(18-11-9-14-7-5-6-8-16(14)26(18)2)31-23(28)25-22-27(3)17-12-10-15(24)13-19(17)30-22;2*1-4-26-18(27)17(19-24(2)13-7-5-6-8-15(13)28-19)30-21(26)23-20-25(3)14-10-9-12(22)11-16(14)29-20;1-4-24-17(25)16(14-7-5-6-10-22(14)2)27-19(24)21-18-23(3)13-9-8-12(20)11-15(13)26-18;1-4-24-17(25)16(18-23(3)13-7-5-6-8-14(13)26-18)27-19(24)21-15-10-9-12(20)11-22(15)2;;;;;/h5-13H,4H2,1-3H3;2*5-11H,4H2,1-3H3;2*5-11H,4H2,1-3H3;5*1H/q5*+1;;;;;/p-5/b20-18-;2*19-17+;16-14-;18-16+;;;;;. The molecule has 8 aromatic carbocycles. The minimum atomic E-state index is -0.0947. The molecular formula is C103H92Cl10N20O6S11. The lowest BCUT2D eigenvalue weighted by atomic mass is 10.1. The van der Waals surface area contributed by atoms with Crippen molar-refractivity contribution in [2.24, 2.45) is 60.2 Å². The van der Waals surface area contributed by atoms with Crippen molar-refractivity contribution in [3.05, 3.63) is 301 Å². The second-order valence-electron chi connectivity index (χ2n) is 33.2. The zero-order valence-electron chi connectivity index (χ0n) is 82.6. The van der Waals surface area contributed by atoms with Gasteiger partial charge < -0.3 is 91.3 Å². The number of amidine groups is 5. The van der Waals surface area contributed by atoms with E-state index in [-0.39, 0.29) is 91.6 Å². The first-order valence-corrected chi connectivity index (χ1v) is 56.5. The van der Waals surface area contributed by atoms with Gasteiger partial charge in [-0.2, -0.15) is 0 Å². The van der Waals surface area contributed by atoms with Crippen LogP contribution in [0.3, 0.4) is 0 Å². The van der Waals surface area contributed by atoms with E-state index in [2.05, 4.69) is 57.2 Å². The molecule has 5 saturated heterocycles. The van der Waals surface area contributed by atoms with Gasteiger partial charge in [-0.1, -0.05) is 148 Å². The maximum Gasteiger partial charge on any atom is 0.385 e. The van der Waals surface area contributed by atoms with Crippen LogP contribution in [0.2, 0.25) is 25.1 Å². The number of para-hydroxylation sites is 5. The fourth-order valence-electron chi connectivity index (χ4n) is 16.7. The molecule has 26 nitrogen and oxygen atoms in total. The Morgan fingerprint density at radius 1 is 0.327 bits per heavy atom. The Balaban J connectivity index is 0.000000147. The molecule has 0 atom stereocenters. The number of allylic oxidation sites excluding steroid dienone is 4. The molecule has 10 aliphatic heterocycles. The summed E-state index contributed by atoms with van der Waals surface area (Å²) >= 11 is 47.2. The van der Waals surface area contributed by atoms with Crippen molar-refractivity contribution in [2.75, 3.05) is 87.6 Å². The summed E-state index contributed by atoms with van der Waals surface area (Å²) in [5, 5.41) is 12.1. The number of aliphatic imine (C=N–C) groups is 5. The number of anilines is 4. The molecule has 0 bridgehead atoms. The Morgan fingerprint density at radius 3 is 1.05 bits per heavy atom. The van der Waals surface area contributed by atoms with Gasteiger partial charge >= 0.3 is 26.3 Å². The molecule has 5 amide bonds. The predicted molar refractivity (Wildman–Crippen MR) is 607 cm³/mol. The van der Waals surface area contributed by atoms with Crippen molar-refractivity contribution >= 4 is 337 Å². The first-order chi connectivity index (χ1) is 69.9. The van der Waals surface area contributed by atoms with Crippen molar-refractivity contribution in [2.45, 2.75) is 44.4 Å². The van der Waals surface area contributed by atoms with Gasteiger partial charge in [0.15, 0.2) is 5.75 Å². The highest BCUT2D eigenvalue weighted by molar-refractivity contribution is 8.20. The number of aromatic nitrogens is 5. The van der Waals surface area contributed by atoms with E-state index in [4.69, 9.17) is 87.7 Å². The molecule has 0 aliphatic carbocycles. The van der Waals surface area contributed by atoms with E-state index in [1.54, 1.807) is 106 Å². The van der Waals surface area contributed by atoms with Gasteiger partial charge in [-0.25, -0.2) is 22.8 Å². The van der Waals surface area contributed by atoms with Gasteiger partial charge in [0.05, 0.1) is 97.6 Å². The number of rotatable bonds is 10. The molecule has 13 aromatic rings. The number of thiazole rings is 4. The Labute approximate surface area is 969 Å². The number of hydrogen-bond acceptors (Lipinski definition) is 27. The zero-order chi connectivity index (χ0) is 102. The van der Waals surface area contributed by atoms with E-state index in [0.29, 0.717) is 104 Å². The molecule has 0 saturated carbocycles. The first-order valence-electron chi connectivity index (χ1n) is 45.6. The van der Waals surface area contributed by atoms with Crippen LogP contribution in [0, 0.1) is 0 Å². The Morgan fingerprint density at radius 2 is 0.667 bits per heavy atom. The number of likely N-dealkylation sites (N-methyl/N-ethyl adjacent to an activating group) is 7. The van der Waals surface area contributed by atoms with Gasteiger partial charge in [0, 0.05) is 116 Å². The van der Waals surface area contributed by atoms with Crippen LogP contribution < -0.4 is 109 Å². The van der Waals surface area contributed by atoms with Crippen molar-refractivity contribution < 1.29 is 114 Å². The van der Waals surface area contributed by atoms with Crippen LogP contribution in [0.15, 0.2) is 305 Å². The molecule has 150 heavy (non-hydrogen) atoms. The van der Waals surface area contributed by atoms with Gasteiger partial charge in [0.25, 0.3) is 55.4 Å². The van der Waals surface area contributed by atoms with Gasteiger partial charge in [0.1, 0.15) is 52.8 Å². The largest absolute Gasteiger partial charge is 1.00 e. The number of hydrogen-bond donors (Lipinski definition) is 0. The lowest BCUT2D eigenvalue weighted by molar-refractivity contribution is -0.658. The maximum absolute atomic E-state index is 13.3. The summed E-state index contributed by atoms with van der Waals surface area (Å²) in [5.74, 6) is 1.94. The normalized spacial score (nSPS) is 19.7. The number of nitrogens with zero attached hydrogens (tertiary/aromatic N) is 20. The average Bonchev–Trinajstić information content (AvgIpc) is 1.60. The number of thioether (sulfide) groups is 7. The fraction of sp³-hybridized carbons (Fsp3) is 0.194. The predicted octanol–water partition coefficient (Wildman–Crippen LogP) is 8.74. The summed E-state index contributed by atoms with van der Waals surface area (Å²) in [5.41, 5.74) is 11.5. The lowest BCUT2D eigenvalue weighted by Crippen LogP contribution is -3.00. The van der Waals surface area contributed by atoms with Crippen molar-refractivity contribution in [1.82, 2.24) is 29.4 Å². The molecule has 15 heterocycles. The molecule has 776 valence electrons. The number of pyridine rings is 1. The van der Waals surface area contributed by atoms with Gasteiger partial charge in [-0.05, 0) is 309 Å². The van der Waals surface area contributed by atoms with E-state index in [9.17, 15) is 24.0 Å². The number of amides is 5. The monoisotopic (exact) mass is 2410 g/mol. The molecule has 47 heteroatoms. The first kappa shape index (κ1) is 116. The van der Waals surface area contributed by atoms with E-state index in [0.717, 1.165) is 142 Å². The summed E-state index contributed by atoms with van der Waals surface area (Å²) in [7, 11) is 19.7. The van der Waals surface area contributed by atoms with E-state index >= 15 is 0 Å². The molecule has 0 spiro atoms. The lowest BCUT2D eigenvalue weighted by Gasteiger charge is -2.27. The van der Waals surface area contributed by atoms with Crippen LogP contribution in [0.4, 0.5) is 49.1 Å². The minimum Gasteiger partial charge on any atom is -1.00 e. The van der Waals surface area contributed by atoms with Crippen molar-refractivity contribution in [3.8, 4) is 5.75 Å². The summed E-state index contributed by atoms with van der Waals surface area (Å²) in [6, 6.07) is 59.2. The highest BCUT2D eigenvalue weighted by Crippen LogP contribution is 2.54. The van der Waals surface area contributed by atoms with Crippen molar-refractivity contribution in [3.63, 3.8) is 0 Å². The van der Waals surface area contributed by atoms with Crippen LogP contribution >= 0.6 is 186 Å². The van der Waals surface area contributed by atoms with Crippen LogP contribution in [0.5, 0.6) is 5.75 Å². The summed E-state index contributed by atoms with van der Waals surface area (Å²) < 4.78 is 20.3. The topological polar surface area (TPSA) is 208 Å². The van der Waals surface area contributed by atoms with E-state index in [1.165, 1.54) is 58.8 Å². The maximum atomic E-state index is 13.3. The quantitative estimate of drug-likeness (QED) is 0.0926. The average molecular weight is 2410 g/mol. The van der Waals surface area contributed by atoms with Gasteiger partial charge in [-0.15, -0.1) is 0 Å². The minimum absolute atomic E-state index is 0. The number of ether oxygens (including phenoxy) is 1. The molecule has 0 unspecified atom stereocenters. The third-order valence-electron chi connectivity index (χ3n) is 24.4. The number of benzene rings is 8. The number of aryl methyl sites for hydroxylation is 5. The molecular weight excluding hydrogens is 2320 g/mol. The smallest absolute Gasteiger partial charge is 0.385 e. The number of halogens is 10. The number of carbonyl (C=O) groups is 5. The van der Waals surface area contributed by atoms with Gasteiger partial charge in [0.2, 0.25) is 5.88 Å². The third-order valence-corrected chi connectivity index (χ3v) is 38.0. The Hall–Kier alpha value is -9.76. The number of fused-ring (bicyclic) bond motifs is 8. The molecule has 5 aromatic heterocycles. The number of carbonyl (C=O) groups excluding carboxylic acids is 5. The van der Waals surface area contributed by atoms with E-state index < -0.39 is 0 Å². The van der Waals surface area contributed by atoms with Crippen molar-refractivity contribution in [1.29, 1.82) is 0 Å². The van der Waals surface area contributed by atoms with E-state index in [1.807, 2.05) is 308 Å².